The van der Waals surface area contributed by atoms with Gasteiger partial charge in [0, 0.05) is 34.0 Å². The number of rotatable bonds is 7. The fourth-order valence-electron chi connectivity index (χ4n) is 4.06. The fourth-order valence-corrected chi connectivity index (χ4v) is 5.48. The average Bonchev–Trinajstić information content (AvgIpc) is 2.75. The Morgan fingerprint density at radius 3 is 2.56 bits per heavy atom. The highest BCUT2D eigenvalue weighted by molar-refractivity contribution is 9.11. The number of hydrogen-bond acceptors (Lipinski definition) is 6. The normalized spacial score (nSPS) is 17.6. The van der Waals surface area contributed by atoms with E-state index in [9.17, 15) is 14.7 Å². The van der Waals surface area contributed by atoms with E-state index in [1.165, 1.54) is 26.2 Å². The SMILES string of the molecule is COc1cc(C(=O)Nc2c(Br)cc(Br)cc2CN(C)[C@H]2CCC[C@@H](O)C2)ccc1OC(C)=O.Cl. The zero-order valence-electron chi connectivity index (χ0n) is 19.3. The molecule has 1 fully saturated rings. The van der Waals surface area contributed by atoms with E-state index in [1.54, 1.807) is 6.07 Å². The Labute approximate surface area is 222 Å². The number of methoxy groups -OCH3 is 1. The number of amides is 1. The molecular weight excluding hydrogens is 592 g/mol. The number of aliphatic hydroxyl groups excluding tert-OH is 1. The number of halogens is 3. The molecule has 0 unspecified atom stereocenters. The van der Waals surface area contributed by atoms with Crippen molar-refractivity contribution in [2.45, 2.75) is 51.3 Å². The lowest BCUT2D eigenvalue weighted by atomic mass is 9.92. The Kier molecular flexibility index (Phi) is 10.8. The van der Waals surface area contributed by atoms with Gasteiger partial charge < -0.3 is 19.9 Å². The summed E-state index contributed by atoms with van der Waals surface area (Å²) in [6, 6.07) is 8.81. The standard InChI is InChI=1S/C24H28Br2N2O5.ClH/c1-14(29)33-21-8-7-15(10-22(21)32-3)24(31)27-23-16(9-17(25)11-20(23)26)13-28(2)18-5-4-6-19(30)12-18;/h7-11,18-19,30H,4-6,12-13H2,1-3H3,(H,27,31);1H/t18-,19+;/m0./s1. The third-order valence-electron chi connectivity index (χ3n) is 5.72. The number of benzene rings is 2. The Morgan fingerprint density at radius 1 is 1.18 bits per heavy atom. The van der Waals surface area contributed by atoms with Crippen molar-refractivity contribution in [3.8, 4) is 11.5 Å². The van der Waals surface area contributed by atoms with Crippen molar-refractivity contribution in [2.75, 3.05) is 19.5 Å². The van der Waals surface area contributed by atoms with E-state index in [0.717, 1.165) is 40.2 Å². The number of aliphatic hydroxyl groups is 1. The maximum absolute atomic E-state index is 13.1. The summed E-state index contributed by atoms with van der Waals surface area (Å²) in [5.41, 5.74) is 1.98. The van der Waals surface area contributed by atoms with E-state index in [2.05, 4.69) is 42.1 Å². The molecule has 34 heavy (non-hydrogen) atoms. The van der Waals surface area contributed by atoms with Crippen LogP contribution in [0.1, 0.15) is 48.5 Å². The minimum absolute atomic E-state index is 0. The van der Waals surface area contributed by atoms with Crippen molar-refractivity contribution in [2.24, 2.45) is 0 Å². The predicted molar refractivity (Wildman–Crippen MR) is 141 cm³/mol. The van der Waals surface area contributed by atoms with Gasteiger partial charge in [0.05, 0.1) is 18.9 Å². The van der Waals surface area contributed by atoms with Crippen molar-refractivity contribution in [3.63, 3.8) is 0 Å². The van der Waals surface area contributed by atoms with Gasteiger partial charge in [0.25, 0.3) is 5.91 Å². The van der Waals surface area contributed by atoms with E-state index in [-0.39, 0.29) is 36.2 Å². The second kappa shape index (κ2) is 12.9. The molecule has 1 saturated carbocycles. The van der Waals surface area contributed by atoms with Crippen molar-refractivity contribution < 1.29 is 24.2 Å². The van der Waals surface area contributed by atoms with Gasteiger partial charge in [-0.1, -0.05) is 15.9 Å². The third kappa shape index (κ3) is 7.42. The summed E-state index contributed by atoms with van der Waals surface area (Å²) in [6.45, 7) is 1.91. The van der Waals surface area contributed by atoms with E-state index in [4.69, 9.17) is 9.47 Å². The zero-order chi connectivity index (χ0) is 24.1. The Morgan fingerprint density at radius 2 is 1.91 bits per heavy atom. The molecule has 0 saturated heterocycles. The molecule has 0 radical (unpaired) electrons. The van der Waals surface area contributed by atoms with Gasteiger partial charge in [0.2, 0.25) is 0 Å². The lowest BCUT2D eigenvalue weighted by molar-refractivity contribution is -0.132. The molecule has 0 aliphatic heterocycles. The summed E-state index contributed by atoms with van der Waals surface area (Å²) >= 11 is 7.12. The van der Waals surface area contributed by atoms with Crippen molar-refractivity contribution in [3.05, 3.63) is 50.4 Å². The number of anilines is 1. The number of ether oxygens (including phenoxy) is 2. The number of carbonyl (C=O) groups excluding carboxylic acids is 2. The smallest absolute Gasteiger partial charge is 0.308 e. The van der Waals surface area contributed by atoms with Gasteiger partial charge in [-0.15, -0.1) is 12.4 Å². The zero-order valence-corrected chi connectivity index (χ0v) is 23.3. The molecule has 0 heterocycles. The molecule has 1 aliphatic rings. The van der Waals surface area contributed by atoms with Gasteiger partial charge in [-0.05, 0) is 84.6 Å². The summed E-state index contributed by atoms with van der Waals surface area (Å²) in [4.78, 5) is 26.6. The second-order valence-electron chi connectivity index (χ2n) is 8.22. The summed E-state index contributed by atoms with van der Waals surface area (Å²) in [5, 5.41) is 13.1. The third-order valence-corrected chi connectivity index (χ3v) is 6.80. The van der Waals surface area contributed by atoms with Crippen molar-refractivity contribution >= 4 is 61.8 Å². The highest BCUT2D eigenvalue weighted by Gasteiger charge is 2.25. The predicted octanol–water partition coefficient (Wildman–Crippen LogP) is 5.55. The highest BCUT2D eigenvalue weighted by atomic mass is 79.9. The summed E-state index contributed by atoms with van der Waals surface area (Å²) in [5.74, 6) is -0.238. The van der Waals surface area contributed by atoms with E-state index in [1.807, 2.05) is 19.2 Å². The van der Waals surface area contributed by atoms with Crippen LogP contribution in [-0.4, -0.2) is 48.2 Å². The summed E-state index contributed by atoms with van der Waals surface area (Å²) < 4.78 is 12.0. The Hall–Kier alpha value is -1.65. The van der Waals surface area contributed by atoms with Gasteiger partial charge in [0.15, 0.2) is 11.5 Å². The Balaban J connectivity index is 0.00000408. The van der Waals surface area contributed by atoms with Gasteiger partial charge >= 0.3 is 5.97 Å². The molecule has 2 atom stereocenters. The number of carbonyl (C=O) groups is 2. The minimum Gasteiger partial charge on any atom is -0.493 e. The number of esters is 1. The molecule has 1 amide bonds. The minimum atomic E-state index is -0.469. The fraction of sp³-hybridized carbons (Fsp3) is 0.417. The van der Waals surface area contributed by atoms with E-state index in [0.29, 0.717) is 23.5 Å². The molecule has 2 aromatic carbocycles. The first-order valence-electron chi connectivity index (χ1n) is 10.7. The first kappa shape index (κ1) is 28.6. The molecule has 2 N–H and O–H groups in total. The van der Waals surface area contributed by atoms with Crippen LogP contribution in [0.5, 0.6) is 11.5 Å². The number of nitrogens with zero attached hydrogens (tertiary/aromatic N) is 1. The van der Waals surface area contributed by atoms with Crippen LogP contribution in [0.25, 0.3) is 0 Å². The first-order chi connectivity index (χ1) is 15.7. The van der Waals surface area contributed by atoms with Gasteiger partial charge in [-0.2, -0.15) is 0 Å². The van der Waals surface area contributed by atoms with Gasteiger partial charge in [-0.25, -0.2) is 0 Å². The lowest BCUT2D eigenvalue weighted by Gasteiger charge is -2.34. The van der Waals surface area contributed by atoms with Crippen LogP contribution in [0.3, 0.4) is 0 Å². The molecule has 0 spiro atoms. The van der Waals surface area contributed by atoms with Crippen LogP contribution in [-0.2, 0) is 11.3 Å². The van der Waals surface area contributed by atoms with Crippen LogP contribution >= 0.6 is 44.3 Å². The summed E-state index contributed by atoms with van der Waals surface area (Å²) in [7, 11) is 3.49. The number of hydrogen-bond donors (Lipinski definition) is 2. The van der Waals surface area contributed by atoms with E-state index < -0.39 is 5.97 Å². The van der Waals surface area contributed by atoms with Gasteiger partial charge in [-0.3, -0.25) is 14.5 Å². The molecular formula is C24H29Br2ClN2O5. The maximum atomic E-state index is 13.1. The van der Waals surface area contributed by atoms with Crippen LogP contribution in [0, 0.1) is 0 Å². The molecule has 7 nitrogen and oxygen atoms in total. The summed E-state index contributed by atoms with van der Waals surface area (Å²) in [6.07, 6.45) is 3.39. The topological polar surface area (TPSA) is 88.1 Å². The molecule has 10 heteroatoms. The Bertz CT molecular complexity index is 1040. The van der Waals surface area contributed by atoms with Crippen molar-refractivity contribution in [1.29, 1.82) is 0 Å². The van der Waals surface area contributed by atoms with Crippen molar-refractivity contribution in [1.82, 2.24) is 4.90 Å². The molecule has 0 aromatic heterocycles. The van der Waals surface area contributed by atoms with Crippen LogP contribution < -0.4 is 14.8 Å². The number of nitrogens with one attached hydrogen (secondary N) is 1. The van der Waals surface area contributed by atoms with Gasteiger partial charge in [0.1, 0.15) is 0 Å². The monoisotopic (exact) mass is 618 g/mol. The lowest BCUT2D eigenvalue weighted by Crippen LogP contribution is -2.37. The molecule has 2 aromatic rings. The quantitative estimate of drug-likeness (QED) is 0.312. The molecule has 186 valence electrons. The molecule has 1 aliphatic carbocycles. The first-order valence-corrected chi connectivity index (χ1v) is 12.3. The van der Waals surface area contributed by atoms with E-state index >= 15 is 0 Å². The van der Waals surface area contributed by atoms with Crippen LogP contribution in [0.4, 0.5) is 5.69 Å². The molecule has 3 rings (SSSR count). The van der Waals surface area contributed by atoms with Crippen LogP contribution in [0.15, 0.2) is 39.3 Å². The van der Waals surface area contributed by atoms with Crippen LogP contribution in [0.2, 0.25) is 0 Å². The maximum Gasteiger partial charge on any atom is 0.308 e. The molecule has 0 bridgehead atoms. The average molecular weight is 621 g/mol. The highest BCUT2D eigenvalue weighted by Crippen LogP contribution is 2.34. The largest absolute Gasteiger partial charge is 0.493 e. The second-order valence-corrected chi connectivity index (χ2v) is 9.99.